The standard InChI is InChI=1S/C14H19N3O/c1-4-9(2)14-13(17-15)7-10-5-6-11(18-3)8-12(10)16-14/h5-9,17H,4,15H2,1-3H3. The van der Waals surface area contributed by atoms with Crippen molar-refractivity contribution in [2.24, 2.45) is 5.84 Å². The second kappa shape index (κ2) is 5.23. The first-order chi connectivity index (χ1) is 8.69. The van der Waals surface area contributed by atoms with Gasteiger partial charge in [0.1, 0.15) is 5.75 Å². The van der Waals surface area contributed by atoms with Crippen molar-refractivity contribution in [1.82, 2.24) is 4.98 Å². The lowest BCUT2D eigenvalue weighted by Gasteiger charge is -2.15. The van der Waals surface area contributed by atoms with E-state index < -0.39 is 0 Å². The summed E-state index contributed by atoms with van der Waals surface area (Å²) in [5.74, 6) is 6.76. The molecule has 0 fully saturated rings. The highest BCUT2D eigenvalue weighted by atomic mass is 16.5. The van der Waals surface area contributed by atoms with Gasteiger partial charge in [-0.05, 0) is 24.6 Å². The Labute approximate surface area is 107 Å². The summed E-state index contributed by atoms with van der Waals surface area (Å²) >= 11 is 0. The van der Waals surface area contributed by atoms with E-state index in [-0.39, 0.29) is 0 Å². The number of rotatable bonds is 4. The lowest BCUT2D eigenvalue weighted by molar-refractivity contribution is 0.415. The van der Waals surface area contributed by atoms with Crippen LogP contribution in [0, 0.1) is 0 Å². The second-order valence-electron chi connectivity index (χ2n) is 4.43. The number of nitrogens with zero attached hydrogens (tertiary/aromatic N) is 1. The van der Waals surface area contributed by atoms with Gasteiger partial charge in [0.25, 0.3) is 0 Å². The summed E-state index contributed by atoms with van der Waals surface area (Å²) < 4.78 is 5.23. The molecule has 2 aromatic rings. The van der Waals surface area contributed by atoms with E-state index in [1.165, 1.54) is 0 Å². The summed E-state index contributed by atoms with van der Waals surface area (Å²) in [6.45, 7) is 4.29. The van der Waals surface area contributed by atoms with Crippen LogP contribution in [0.4, 0.5) is 5.69 Å². The molecule has 4 heteroatoms. The van der Waals surface area contributed by atoms with Gasteiger partial charge in [0.2, 0.25) is 0 Å². The van der Waals surface area contributed by atoms with Gasteiger partial charge in [-0.3, -0.25) is 10.8 Å². The predicted molar refractivity (Wildman–Crippen MR) is 74.8 cm³/mol. The Morgan fingerprint density at radius 3 is 2.78 bits per heavy atom. The molecule has 0 saturated carbocycles. The van der Waals surface area contributed by atoms with Crippen molar-refractivity contribution in [3.05, 3.63) is 30.0 Å². The molecule has 18 heavy (non-hydrogen) atoms. The number of anilines is 1. The molecule has 2 rings (SSSR count). The molecule has 0 aliphatic rings. The van der Waals surface area contributed by atoms with Gasteiger partial charge in [0.05, 0.1) is 24.0 Å². The molecule has 1 aromatic heterocycles. The molecule has 0 bridgehead atoms. The quantitative estimate of drug-likeness (QED) is 0.642. The van der Waals surface area contributed by atoms with Crippen LogP contribution in [-0.4, -0.2) is 12.1 Å². The van der Waals surface area contributed by atoms with Gasteiger partial charge < -0.3 is 10.2 Å². The fourth-order valence-corrected chi connectivity index (χ4v) is 1.97. The minimum atomic E-state index is 0.367. The molecule has 1 aromatic carbocycles. The minimum Gasteiger partial charge on any atom is -0.497 e. The maximum absolute atomic E-state index is 5.58. The molecular weight excluding hydrogens is 226 g/mol. The van der Waals surface area contributed by atoms with Crippen LogP contribution in [0.2, 0.25) is 0 Å². The predicted octanol–water partition coefficient (Wildman–Crippen LogP) is 3.04. The minimum absolute atomic E-state index is 0.367. The maximum atomic E-state index is 5.58. The Hall–Kier alpha value is -1.81. The summed E-state index contributed by atoms with van der Waals surface area (Å²) in [7, 11) is 1.66. The van der Waals surface area contributed by atoms with Crippen molar-refractivity contribution in [2.45, 2.75) is 26.2 Å². The average Bonchev–Trinajstić information content (AvgIpc) is 2.44. The van der Waals surface area contributed by atoms with Gasteiger partial charge in [-0.2, -0.15) is 0 Å². The van der Waals surface area contributed by atoms with Crippen LogP contribution in [0.3, 0.4) is 0 Å². The van der Waals surface area contributed by atoms with E-state index in [0.717, 1.165) is 34.5 Å². The molecule has 0 radical (unpaired) electrons. The van der Waals surface area contributed by atoms with Gasteiger partial charge in [0, 0.05) is 17.4 Å². The van der Waals surface area contributed by atoms with E-state index in [4.69, 9.17) is 15.6 Å². The second-order valence-corrected chi connectivity index (χ2v) is 4.43. The molecule has 0 spiro atoms. The number of pyridine rings is 1. The van der Waals surface area contributed by atoms with E-state index in [9.17, 15) is 0 Å². The summed E-state index contributed by atoms with van der Waals surface area (Å²) in [6, 6.07) is 7.89. The van der Waals surface area contributed by atoms with E-state index in [0.29, 0.717) is 5.92 Å². The van der Waals surface area contributed by atoms with Gasteiger partial charge >= 0.3 is 0 Å². The van der Waals surface area contributed by atoms with Crippen LogP contribution in [0.5, 0.6) is 5.75 Å². The summed E-state index contributed by atoms with van der Waals surface area (Å²) in [6.07, 6.45) is 1.02. The summed E-state index contributed by atoms with van der Waals surface area (Å²) in [5, 5.41) is 1.05. The van der Waals surface area contributed by atoms with Crippen molar-refractivity contribution in [1.29, 1.82) is 0 Å². The van der Waals surface area contributed by atoms with E-state index >= 15 is 0 Å². The molecular formula is C14H19N3O. The average molecular weight is 245 g/mol. The Balaban J connectivity index is 2.61. The third-order valence-electron chi connectivity index (χ3n) is 3.29. The molecule has 0 aliphatic carbocycles. The Bertz CT molecular complexity index is 554. The maximum Gasteiger partial charge on any atom is 0.121 e. The molecule has 0 aliphatic heterocycles. The number of methoxy groups -OCH3 is 1. The van der Waals surface area contributed by atoms with Crippen molar-refractivity contribution < 1.29 is 4.74 Å². The normalized spacial score (nSPS) is 12.4. The zero-order valence-corrected chi connectivity index (χ0v) is 11.0. The van der Waals surface area contributed by atoms with Crippen molar-refractivity contribution >= 4 is 16.6 Å². The first-order valence-corrected chi connectivity index (χ1v) is 6.15. The molecule has 0 saturated heterocycles. The van der Waals surface area contributed by atoms with Crippen molar-refractivity contribution in [3.8, 4) is 5.75 Å². The first-order valence-electron chi connectivity index (χ1n) is 6.15. The zero-order valence-electron chi connectivity index (χ0n) is 11.0. The first kappa shape index (κ1) is 12.6. The van der Waals surface area contributed by atoms with E-state index in [1.807, 2.05) is 24.3 Å². The molecule has 1 atom stereocenters. The largest absolute Gasteiger partial charge is 0.497 e. The summed E-state index contributed by atoms with van der Waals surface area (Å²) in [5.41, 5.74) is 5.56. The van der Waals surface area contributed by atoms with E-state index in [1.54, 1.807) is 7.11 Å². The van der Waals surface area contributed by atoms with Crippen molar-refractivity contribution in [3.63, 3.8) is 0 Å². The lowest BCUT2D eigenvalue weighted by Crippen LogP contribution is -2.11. The fraction of sp³-hybridized carbons (Fsp3) is 0.357. The monoisotopic (exact) mass is 245 g/mol. The number of aromatic nitrogens is 1. The highest BCUT2D eigenvalue weighted by molar-refractivity contribution is 5.84. The molecule has 0 amide bonds. The number of hydrogen-bond donors (Lipinski definition) is 2. The van der Waals surface area contributed by atoms with Gasteiger partial charge in [-0.15, -0.1) is 0 Å². The Morgan fingerprint density at radius 2 is 2.17 bits per heavy atom. The highest BCUT2D eigenvalue weighted by Crippen LogP contribution is 2.29. The lowest BCUT2D eigenvalue weighted by atomic mass is 10.0. The summed E-state index contributed by atoms with van der Waals surface area (Å²) in [4.78, 5) is 4.70. The fourth-order valence-electron chi connectivity index (χ4n) is 1.97. The van der Waals surface area contributed by atoms with Crippen LogP contribution < -0.4 is 16.0 Å². The molecule has 96 valence electrons. The number of hydrazine groups is 1. The third kappa shape index (κ3) is 2.24. The van der Waals surface area contributed by atoms with Crippen LogP contribution >= 0.6 is 0 Å². The molecule has 4 nitrogen and oxygen atoms in total. The number of ether oxygens (including phenoxy) is 1. The Kier molecular flexibility index (Phi) is 3.67. The molecule has 1 heterocycles. The number of nitrogen functional groups attached to an aromatic ring is 1. The SMILES string of the molecule is CCC(C)c1nc2cc(OC)ccc2cc1NN. The van der Waals surface area contributed by atoms with E-state index in [2.05, 4.69) is 19.3 Å². The number of fused-ring (bicyclic) bond motifs is 1. The van der Waals surface area contributed by atoms with Crippen LogP contribution in [0.25, 0.3) is 10.9 Å². The van der Waals surface area contributed by atoms with Crippen LogP contribution in [-0.2, 0) is 0 Å². The number of nitrogens with one attached hydrogen (secondary N) is 1. The number of nitrogens with two attached hydrogens (primary N) is 1. The van der Waals surface area contributed by atoms with Gasteiger partial charge in [-0.25, -0.2) is 0 Å². The highest BCUT2D eigenvalue weighted by Gasteiger charge is 2.12. The van der Waals surface area contributed by atoms with Gasteiger partial charge in [-0.1, -0.05) is 13.8 Å². The van der Waals surface area contributed by atoms with Gasteiger partial charge in [0.15, 0.2) is 0 Å². The number of benzene rings is 1. The Morgan fingerprint density at radius 1 is 1.39 bits per heavy atom. The van der Waals surface area contributed by atoms with Crippen LogP contribution in [0.15, 0.2) is 24.3 Å². The van der Waals surface area contributed by atoms with Crippen LogP contribution in [0.1, 0.15) is 31.9 Å². The smallest absolute Gasteiger partial charge is 0.121 e. The van der Waals surface area contributed by atoms with Crippen molar-refractivity contribution in [2.75, 3.05) is 12.5 Å². The molecule has 1 unspecified atom stereocenters. The third-order valence-corrected chi connectivity index (χ3v) is 3.29. The topological polar surface area (TPSA) is 60.2 Å². The number of hydrogen-bond acceptors (Lipinski definition) is 4. The molecule has 3 N–H and O–H groups in total. The zero-order chi connectivity index (χ0) is 13.1.